The molecule has 0 bridgehead atoms. The van der Waals surface area contributed by atoms with E-state index in [1.807, 2.05) is 12.1 Å². The van der Waals surface area contributed by atoms with Crippen LogP contribution >= 0.6 is 0 Å². The Hall–Kier alpha value is -1.68. The minimum atomic E-state index is 0.117. The number of hydrogen-bond donors (Lipinski definition) is 1. The van der Waals surface area contributed by atoms with E-state index in [0.717, 1.165) is 5.56 Å². The molecule has 1 aromatic carbocycles. The SMILES string of the molecule is CC(C)c1ccc(-c2noc(C(CN)C(C)C)n2)cc1. The third-order valence-corrected chi connectivity index (χ3v) is 3.65. The molecule has 1 heterocycles. The standard InChI is InChI=1S/C16H23N3O/c1-10(2)12-5-7-13(8-6-12)15-18-16(20-19-15)14(9-17)11(3)4/h5-8,10-11,14H,9,17H2,1-4H3. The van der Waals surface area contributed by atoms with Crippen LogP contribution in [0.25, 0.3) is 11.4 Å². The highest BCUT2D eigenvalue weighted by Gasteiger charge is 2.21. The van der Waals surface area contributed by atoms with Crippen molar-refractivity contribution in [2.45, 2.75) is 39.5 Å². The van der Waals surface area contributed by atoms with Gasteiger partial charge in [-0.1, -0.05) is 57.1 Å². The summed E-state index contributed by atoms with van der Waals surface area (Å²) < 4.78 is 5.37. The maximum atomic E-state index is 5.78. The molecule has 2 rings (SSSR count). The molecule has 0 aliphatic heterocycles. The Morgan fingerprint density at radius 3 is 2.25 bits per heavy atom. The first-order chi connectivity index (χ1) is 9.52. The summed E-state index contributed by atoms with van der Waals surface area (Å²) in [5, 5.41) is 4.07. The molecule has 2 N–H and O–H groups in total. The van der Waals surface area contributed by atoms with Gasteiger partial charge in [-0.25, -0.2) is 0 Å². The summed E-state index contributed by atoms with van der Waals surface area (Å²) in [5.74, 6) is 2.29. The zero-order valence-corrected chi connectivity index (χ0v) is 12.6. The topological polar surface area (TPSA) is 64.9 Å². The Kier molecular flexibility index (Phi) is 4.55. The second kappa shape index (κ2) is 6.18. The third kappa shape index (κ3) is 3.07. The van der Waals surface area contributed by atoms with Gasteiger partial charge in [-0.3, -0.25) is 0 Å². The van der Waals surface area contributed by atoms with Crippen LogP contribution in [0.4, 0.5) is 0 Å². The molecule has 1 unspecified atom stereocenters. The minimum Gasteiger partial charge on any atom is -0.339 e. The fourth-order valence-corrected chi connectivity index (χ4v) is 2.18. The Balaban J connectivity index is 2.24. The van der Waals surface area contributed by atoms with Crippen LogP contribution in [0.15, 0.2) is 28.8 Å². The van der Waals surface area contributed by atoms with Gasteiger partial charge in [0.05, 0.1) is 5.92 Å². The zero-order chi connectivity index (χ0) is 14.7. The summed E-state index contributed by atoms with van der Waals surface area (Å²) in [5.41, 5.74) is 8.06. The summed E-state index contributed by atoms with van der Waals surface area (Å²) in [6.45, 7) is 9.09. The van der Waals surface area contributed by atoms with Gasteiger partial charge < -0.3 is 10.3 Å². The van der Waals surface area contributed by atoms with Gasteiger partial charge in [0.1, 0.15) is 0 Å². The first kappa shape index (κ1) is 14.7. The predicted octanol–water partition coefficient (Wildman–Crippen LogP) is 3.56. The van der Waals surface area contributed by atoms with E-state index in [1.165, 1.54) is 5.56 Å². The van der Waals surface area contributed by atoms with Crippen LogP contribution in [0.1, 0.15) is 51.0 Å². The van der Waals surface area contributed by atoms with E-state index in [1.54, 1.807) is 0 Å². The lowest BCUT2D eigenvalue weighted by Gasteiger charge is -2.13. The second-order valence-electron chi connectivity index (χ2n) is 5.82. The van der Waals surface area contributed by atoms with Crippen LogP contribution < -0.4 is 5.73 Å². The fourth-order valence-electron chi connectivity index (χ4n) is 2.18. The number of nitrogens with zero attached hydrogens (tertiary/aromatic N) is 2. The largest absolute Gasteiger partial charge is 0.339 e. The molecule has 0 spiro atoms. The van der Waals surface area contributed by atoms with Gasteiger partial charge >= 0.3 is 0 Å². The molecule has 2 aromatic rings. The zero-order valence-electron chi connectivity index (χ0n) is 12.6. The lowest BCUT2D eigenvalue weighted by atomic mass is 9.96. The number of nitrogens with two attached hydrogens (primary N) is 1. The molecule has 1 atom stereocenters. The molecule has 0 saturated carbocycles. The molecule has 4 heteroatoms. The molecule has 0 fully saturated rings. The highest BCUT2D eigenvalue weighted by molar-refractivity contribution is 5.54. The molecular weight excluding hydrogens is 250 g/mol. The summed E-state index contributed by atoms with van der Waals surface area (Å²) in [7, 11) is 0. The summed E-state index contributed by atoms with van der Waals surface area (Å²) >= 11 is 0. The van der Waals surface area contributed by atoms with Crippen molar-refractivity contribution in [1.29, 1.82) is 0 Å². The van der Waals surface area contributed by atoms with Gasteiger partial charge in [0.25, 0.3) is 0 Å². The van der Waals surface area contributed by atoms with E-state index in [9.17, 15) is 0 Å². The molecule has 0 radical (unpaired) electrons. The summed E-state index contributed by atoms with van der Waals surface area (Å²) in [4.78, 5) is 4.49. The summed E-state index contributed by atoms with van der Waals surface area (Å²) in [6.07, 6.45) is 0. The van der Waals surface area contributed by atoms with E-state index in [4.69, 9.17) is 10.3 Å². The van der Waals surface area contributed by atoms with E-state index in [-0.39, 0.29) is 5.92 Å². The van der Waals surface area contributed by atoms with Crippen LogP contribution in [0.2, 0.25) is 0 Å². The second-order valence-corrected chi connectivity index (χ2v) is 5.82. The Morgan fingerprint density at radius 2 is 1.75 bits per heavy atom. The van der Waals surface area contributed by atoms with Gasteiger partial charge in [0.15, 0.2) is 0 Å². The normalized spacial score (nSPS) is 13.2. The molecule has 0 amide bonds. The van der Waals surface area contributed by atoms with E-state index >= 15 is 0 Å². The maximum absolute atomic E-state index is 5.78. The van der Waals surface area contributed by atoms with E-state index in [2.05, 4.69) is 50.0 Å². The molecule has 0 aliphatic carbocycles. The Bertz CT molecular complexity index is 543. The van der Waals surface area contributed by atoms with Crippen LogP contribution in [0.3, 0.4) is 0 Å². The molecule has 108 valence electrons. The lowest BCUT2D eigenvalue weighted by Crippen LogP contribution is -2.18. The van der Waals surface area contributed by atoms with E-state index in [0.29, 0.717) is 30.1 Å². The first-order valence-electron chi connectivity index (χ1n) is 7.17. The molecule has 4 nitrogen and oxygen atoms in total. The van der Waals surface area contributed by atoms with Crippen molar-refractivity contribution in [1.82, 2.24) is 10.1 Å². The van der Waals surface area contributed by atoms with Gasteiger partial charge in [-0.15, -0.1) is 0 Å². The van der Waals surface area contributed by atoms with E-state index < -0.39 is 0 Å². The van der Waals surface area contributed by atoms with Crippen LogP contribution in [0.5, 0.6) is 0 Å². The molecule has 20 heavy (non-hydrogen) atoms. The van der Waals surface area contributed by atoms with Gasteiger partial charge in [-0.05, 0) is 17.4 Å². The number of hydrogen-bond acceptors (Lipinski definition) is 4. The Labute approximate surface area is 120 Å². The van der Waals surface area contributed by atoms with Crippen molar-refractivity contribution in [2.75, 3.05) is 6.54 Å². The van der Waals surface area contributed by atoms with Gasteiger partial charge in [0, 0.05) is 12.1 Å². The quantitative estimate of drug-likeness (QED) is 0.904. The van der Waals surface area contributed by atoms with Crippen molar-refractivity contribution in [3.63, 3.8) is 0 Å². The average molecular weight is 273 g/mol. The van der Waals surface area contributed by atoms with Crippen molar-refractivity contribution in [2.24, 2.45) is 11.7 Å². The van der Waals surface area contributed by atoms with Crippen LogP contribution in [-0.4, -0.2) is 16.7 Å². The van der Waals surface area contributed by atoms with Crippen molar-refractivity contribution < 1.29 is 4.52 Å². The molecular formula is C16H23N3O. The molecule has 0 aliphatic rings. The van der Waals surface area contributed by atoms with Crippen molar-refractivity contribution in [3.8, 4) is 11.4 Å². The number of rotatable bonds is 5. The first-order valence-corrected chi connectivity index (χ1v) is 7.17. The summed E-state index contributed by atoms with van der Waals surface area (Å²) in [6, 6.07) is 8.30. The minimum absolute atomic E-state index is 0.117. The smallest absolute Gasteiger partial charge is 0.231 e. The molecule has 1 aromatic heterocycles. The molecule has 0 saturated heterocycles. The monoisotopic (exact) mass is 273 g/mol. The van der Waals surface area contributed by atoms with Crippen LogP contribution in [-0.2, 0) is 0 Å². The van der Waals surface area contributed by atoms with Crippen LogP contribution in [0, 0.1) is 5.92 Å². The van der Waals surface area contributed by atoms with Crippen molar-refractivity contribution in [3.05, 3.63) is 35.7 Å². The number of aromatic nitrogens is 2. The Morgan fingerprint density at radius 1 is 1.10 bits per heavy atom. The van der Waals surface area contributed by atoms with Crippen molar-refractivity contribution >= 4 is 0 Å². The lowest BCUT2D eigenvalue weighted by molar-refractivity contribution is 0.324. The van der Waals surface area contributed by atoms with Gasteiger partial charge in [0.2, 0.25) is 11.7 Å². The highest BCUT2D eigenvalue weighted by atomic mass is 16.5. The fraction of sp³-hybridized carbons (Fsp3) is 0.500. The average Bonchev–Trinajstić information content (AvgIpc) is 2.88. The number of benzene rings is 1. The van der Waals surface area contributed by atoms with Gasteiger partial charge in [-0.2, -0.15) is 4.98 Å². The highest BCUT2D eigenvalue weighted by Crippen LogP contribution is 2.25. The predicted molar refractivity (Wildman–Crippen MR) is 80.5 cm³/mol. The maximum Gasteiger partial charge on any atom is 0.231 e. The third-order valence-electron chi connectivity index (χ3n) is 3.65.